The topological polar surface area (TPSA) is 24.5 Å². The molecule has 0 aromatic heterocycles. The van der Waals surface area contributed by atoms with Gasteiger partial charge in [-0.1, -0.05) is 25.1 Å². The van der Waals surface area contributed by atoms with Crippen LogP contribution in [0.25, 0.3) is 0 Å². The van der Waals surface area contributed by atoms with Gasteiger partial charge in [0.25, 0.3) is 0 Å². The van der Waals surface area contributed by atoms with Crippen molar-refractivity contribution < 1.29 is 4.74 Å². The number of methoxy groups -OCH3 is 1. The normalized spacial score (nSPS) is 20.6. The molecule has 0 spiro atoms. The maximum atomic E-state index is 5.40. The standard InChI is InChI=1S/C17H28N2O/c1-3-19-13-6-8-16(11-14-19)18-12-10-15-7-4-5-9-17(15)20-2/h4-5,7,9,16,18H,3,6,8,10-14H2,1-2H3. The number of rotatable bonds is 6. The van der Waals surface area contributed by atoms with Crippen LogP contribution in [0.2, 0.25) is 0 Å². The SMILES string of the molecule is CCN1CCCC(NCCc2ccccc2OC)CC1. The van der Waals surface area contributed by atoms with Gasteiger partial charge in [0, 0.05) is 6.04 Å². The van der Waals surface area contributed by atoms with Gasteiger partial charge in [-0.05, 0) is 63.5 Å². The first-order valence-electron chi connectivity index (χ1n) is 7.91. The summed E-state index contributed by atoms with van der Waals surface area (Å²) in [6.45, 7) is 6.99. The third-order valence-electron chi connectivity index (χ3n) is 4.29. The zero-order chi connectivity index (χ0) is 14.2. The van der Waals surface area contributed by atoms with Crippen LogP contribution < -0.4 is 10.1 Å². The Kier molecular flexibility index (Phi) is 6.34. The van der Waals surface area contributed by atoms with Crippen molar-refractivity contribution in [2.45, 2.75) is 38.6 Å². The van der Waals surface area contributed by atoms with Gasteiger partial charge in [-0.25, -0.2) is 0 Å². The van der Waals surface area contributed by atoms with Crippen LogP contribution in [0.15, 0.2) is 24.3 Å². The Morgan fingerprint density at radius 3 is 2.90 bits per heavy atom. The van der Waals surface area contributed by atoms with Crippen molar-refractivity contribution in [2.24, 2.45) is 0 Å². The van der Waals surface area contributed by atoms with Gasteiger partial charge in [-0.3, -0.25) is 0 Å². The number of nitrogens with one attached hydrogen (secondary N) is 1. The van der Waals surface area contributed by atoms with E-state index in [-0.39, 0.29) is 0 Å². The van der Waals surface area contributed by atoms with Gasteiger partial charge in [0.15, 0.2) is 0 Å². The summed E-state index contributed by atoms with van der Waals surface area (Å²) in [6, 6.07) is 9.00. The number of para-hydroxylation sites is 1. The third-order valence-corrected chi connectivity index (χ3v) is 4.29. The van der Waals surface area contributed by atoms with E-state index in [9.17, 15) is 0 Å². The highest BCUT2D eigenvalue weighted by atomic mass is 16.5. The zero-order valence-corrected chi connectivity index (χ0v) is 12.9. The molecular formula is C17H28N2O. The summed E-state index contributed by atoms with van der Waals surface area (Å²) >= 11 is 0. The summed E-state index contributed by atoms with van der Waals surface area (Å²) in [5, 5.41) is 3.72. The van der Waals surface area contributed by atoms with Crippen LogP contribution in [0.4, 0.5) is 0 Å². The monoisotopic (exact) mass is 276 g/mol. The van der Waals surface area contributed by atoms with E-state index in [1.807, 2.05) is 12.1 Å². The molecule has 3 nitrogen and oxygen atoms in total. The molecule has 0 saturated carbocycles. The molecule has 0 aliphatic carbocycles. The van der Waals surface area contributed by atoms with E-state index < -0.39 is 0 Å². The number of likely N-dealkylation sites (tertiary alicyclic amines) is 1. The van der Waals surface area contributed by atoms with Crippen molar-refractivity contribution in [3.63, 3.8) is 0 Å². The number of hydrogen-bond donors (Lipinski definition) is 1. The van der Waals surface area contributed by atoms with Crippen LogP contribution in [0.5, 0.6) is 5.75 Å². The van der Waals surface area contributed by atoms with Crippen molar-refractivity contribution in [1.82, 2.24) is 10.2 Å². The van der Waals surface area contributed by atoms with E-state index in [0.717, 1.165) is 18.7 Å². The van der Waals surface area contributed by atoms with Gasteiger partial charge in [-0.2, -0.15) is 0 Å². The number of benzene rings is 1. The van der Waals surface area contributed by atoms with Crippen molar-refractivity contribution in [1.29, 1.82) is 0 Å². The summed E-state index contributed by atoms with van der Waals surface area (Å²) < 4.78 is 5.40. The second-order valence-electron chi connectivity index (χ2n) is 5.58. The van der Waals surface area contributed by atoms with E-state index in [1.165, 1.54) is 44.5 Å². The molecule has 1 N–H and O–H groups in total. The fourth-order valence-corrected chi connectivity index (χ4v) is 3.00. The fourth-order valence-electron chi connectivity index (χ4n) is 3.00. The Labute approximate surface area is 123 Å². The fraction of sp³-hybridized carbons (Fsp3) is 0.647. The van der Waals surface area contributed by atoms with E-state index in [0.29, 0.717) is 6.04 Å². The van der Waals surface area contributed by atoms with Gasteiger partial charge in [0.1, 0.15) is 5.75 Å². The lowest BCUT2D eigenvalue weighted by Crippen LogP contribution is -2.32. The van der Waals surface area contributed by atoms with Crippen LogP contribution in [0, 0.1) is 0 Å². The smallest absolute Gasteiger partial charge is 0.122 e. The molecule has 3 heteroatoms. The molecule has 2 rings (SSSR count). The van der Waals surface area contributed by atoms with E-state index in [1.54, 1.807) is 7.11 Å². The molecule has 0 bridgehead atoms. The third kappa shape index (κ3) is 4.50. The highest BCUT2D eigenvalue weighted by Crippen LogP contribution is 2.17. The first kappa shape index (κ1) is 15.3. The Bertz CT molecular complexity index is 394. The summed E-state index contributed by atoms with van der Waals surface area (Å²) in [6.07, 6.45) is 4.94. The Balaban J connectivity index is 1.75. The van der Waals surface area contributed by atoms with Crippen LogP contribution >= 0.6 is 0 Å². The minimum absolute atomic E-state index is 0.682. The number of hydrogen-bond acceptors (Lipinski definition) is 3. The molecule has 1 heterocycles. The summed E-state index contributed by atoms with van der Waals surface area (Å²) in [7, 11) is 1.75. The van der Waals surface area contributed by atoms with Crippen molar-refractivity contribution in [2.75, 3.05) is 33.3 Å². The lowest BCUT2D eigenvalue weighted by Gasteiger charge is -2.18. The molecular weight excluding hydrogens is 248 g/mol. The minimum Gasteiger partial charge on any atom is -0.496 e. The molecule has 1 fully saturated rings. The molecule has 112 valence electrons. The van der Waals surface area contributed by atoms with Crippen LogP contribution in [-0.4, -0.2) is 44.2 Å². The Morgan fingerprint density at radius 1 is 1.25 bits per heavy atom. The quantitative estimate of drug-likeness (QED) is 0.864. The highest BCUT2D eigenvalue weighted by molar-refractivity contribution is 5.33. The maximum absolute atomic E-state index is 5.40. The molecule has 0 amide bonds. The molecule has 1 atom stereocenters. The van der Waals surface area contributed by atoms with Crippen LogP contribution in [0.1, 0.15) is 31.7 Å². The van der Waals surface area contributed by atoms with Gasteiger partial charge < -0.3 is 15.0 Å². The number of nitrogens with zero attached hydrogens (tertiary/aromatic N) is 1. The first-order chi connectivity index (χ1) is 9.83. The predicted octanol–water partition coefficient (Wildman–Crippen LogP) is 2.70. The predicted molar refractivity (Wildman–Crippen MR) is 84.5 cm³/mol. The summed E-state index contributed by atoms with van der Waals surface area (Å²) in [5.41, 5.74) is 1.30. The molecule has 20 heavy (non-hydrogen) atoms. The van der Waals surface area contributed by atoms with Crippen molar-refractivity contribution in [3.05, 3.63) is 29.8 Å². The molecule has 1 unspecified atom stereocenters. The van der Waals surface area contributed by atoms with Gasteiger partial charge in [0.05, 0.1) is 7.11 Å². The average molecular weight is 276 g/mol. The lowest BCUT2D eigenvalue weighted by molar-refractivity contribution is 0.297. The first-order valence-corrected chi connectivity index (χ1v) is 7.91. The Morgan fingerprint density at radius 2 is 2.10 bits per heavy atom. The lowest BCUT2D eigenvalue weighted by atomic mass is 10.1. The summed E-state index contributed by atoms with van der Waals surface area (Å²) in [5.74, 6) is 1.01. The maximum Gasteiger partial charge on any atom is 0.122 e. The van der Waals surface area contributed by atoms with Crippen LogP contribution in [0.3, 0.4) is 0 Å². The van der Waals surface area contributed by atoms with Crippen molar-refractivity contribution >= 4 is 0 Å². The molecule has 1 aliphatic rings. The number of ether oxygens (including phenoxy) is 1. The molecule has 1 aromatic rings. The molecule has 0 radical (unpaired) electrons. The molecule has 1 aliphatic heterocycles. The van der Waals surface area contributed by atoms with E-state index in [2.05, 4.69) is 29.3 Å². The van der Waals surface area contributed by atoms with E-state index >= 15 is 0 Å². The summed E-state index contributed by atoms with van der Waals surface area (Å²) in [4.78, 5) is 2.56. The van der Waals surface area contributed by atoms with Crippen LogP contribution in [-0.2, 0) is 6.42 Å². The second kappa shape index (κ2) is 8.28. The van der Waals surface area contributed by atoms with E-state index in [4.69, 9.17) is 4.74 Å². The van der Waals surface area contributed by atoms with Gasteiger partial charge in [0.2, 0.25) is 0 Å². The second-order valence-corrected chi connectivity index (χ2v) is 5.58. The van der Waals surface area contributed by atoms with Crippen molar-refractivity contribution in [3.8, 4) is 5.75 Å². The zero-order valence-electron chi connectivity index (χ0n) is 12.9. The Hall–Kier alpha value is -1.06. The molecule has 1 saturated heterocycles. The minimum atomic E-state index is 0.682. The van der Waals surface area contributed by atoms with Gasteiger partial charge in [-0.15, -0.1) is 0 Å². The largest absolute Gasteiger partial charge is 0.496 e. The molecule has 1 aromatic carbocycles. The van der Waals surface area contributed by atoms with Gasteiger partial charge >= 0.3 is 0 Å². The highest BCUT2D eigenvalue weighted by Gasteiger charge is 2.15. The average Bonchev–Trinajstić information content (AvgIpc) is 2.73.